The van der Waals surface area contributed by atoms with Crippen LogP contribution in [0.15, 0.2) is 48.5 Å². The van der Waals surface area contributed by atoms with Crippen molar-refractivity contribution in [3.05, 3.63) is 54.1 Å². The van der Waals surface area contributed by atoms with Crippen molar-refractivity contribution in [2.75, 3.05) is 36.5 Å². The molecule has 0 aliphatic carbocycles. The summed E-state index contributed by atoms with van der Waals surface area (Å²) in [4.78, 5) is 39.8. The zero-order valence-corrected chi connectivity index (χ0v) is 18.7. The predicted octanol–water partition coefficient (Wildman–Crippen LogP) is 2.99. The molecular weight excluding hydrogens is 422 g/mol. The molecule has 0 radical (unpaired) electrons. The van der Waals surface area contributed by atoms with Crippen LogP contribution in [0.2, 0.25) is 0 Å². The molecule has 8 nitrogen and oxygen atoms in total. The highest BCUT2D eigenvalue weighted by molar-refractivity contribution is 6.07. The fourth-order valence-electron chi connectivity index (χ4n) is 4.15. The van der Waals surface area contributed by atoms with E-state index in [9.17, 15) is 14.4 Å². The second-order valence-corrected chi connectivity index (χ2v) is 8.21. The van der Waals surface area contributed by atoms with Crippen LogP contribution in [0.5, 0.6) is 5.75 Å². The second-order valence-electron chi connectivity index (χ2n) is 8.21. The lowest BCUT2D eigenvalue weighted by Crippen LogP contribution is -2.33. The smallest absolute Gasteiger partial charge is 0.253 e. The first-order valence-corrected chi connectivity index (χ1v) is 11.4. The monoisotopic (exact) mass is 451 g/mol. The minimum absolute atomic E-state index is 0.0359. The zero-order valence-electron chi connectivity index (χ0n) is 18.7. The molecule has 2 atom stereocenters. The third-order valence-corrected chi connectivity index (χ3v) is 5.90. The molecule has 4 rings (SSSR count). The average Bonchev–Trinajstić information content (AvgIpc) is 3.48. The number of hydrogen-bond acceptors (Lipinski definition) is 5. The van der Waals surface area contributed by atoms with Gasteiger partial charge >= 0.3 is 0 Å². The minimum atomic E-state index is -0.507. The first-order chi connectivity index (χ1) is 16.0. The van der Waals surface area contributed by atoms with Crippen LogP contribution in [-0.2, 0) is 14.3 Å². The van der Waals surface area contributed by atoms with Crippen LogP contribution in [0.1, 0.15) is 36.5 Å². The number of ether oxygens (including phenoxy) is 2. The Kier molecular flexibility index (Phi) is 7.24. The van der Waals surface area contributed by atoms with Gasteiger partial charge in [0, 0.05) is 31.8 Å². The Morgan fingerprint density at radius 1 is 1.15 bits per heavy atom. The predicted molar refractivity (Wildman–Crippen MR) is 124 cm³/mol. The molecule has 2 heterocycles. The lowest BCUT2D eigenvalue weighted by molar-refractivity contribution is -0.122. The Morgan fingerprint density at radius 3 is 2.67 bits per heavy atom. The largest absolute Gasteiger partial charge is 0.494 e. The van der Waals surface area contributed by atoms with Crippen molar-refractivity contribution in [3.8, 4) is 5.75 Å². The number of amides is 3. The van der Waals surface area contributed by atoms with Crippen molar-refractivity contribution < 1.29 is 23.9 Å². The quantitative estimate of drug-likeness (QED) is 0.643. The Morgan fingerprint density at radius 2 is 1.94 bits per heavy atom. The number of hydrogen-bond donors (Lipinski definition) is 2. The Hall–Kier alpha value is -3.39. The molecule has 2 aliphatic rings. The molecule has 2 aromatic rings. The molecule has 0 aromatic heterocycles. The lowest BCUT2D eigenvalue weighted by Gasteiger charge is -2.18. The van der Waals surface area contributed by atoms with Gasteiger partial charge in [-0.15, -0.1) is 0 Å². The zero-order chi connectivity index (χ0) is 23.2. The van der Waals surface area contributed by atoms with E-state index in [0.717, 1.165) is 30.9 Å². The van der Waals surface area contributed by atoms with E-state index in [4.69, 9.17) is 9.47 Å². The summed E-state index contributed by atoms with van der Waals surface area (Å²) >= 11 is 0. The number of benzene rings is 2. The van der Waals surface area contributed by atoms with Crippen LogP contribution in [0.4, 0.5) is 11.4 Å². The van der Waals surface area contributed by atoms with E-state index < -0.39 is 5.92 Å². The highest BCUT2D eigenvalue weighted by Gasteiger charge is 2.35. The molecule has 0 bridgehead atoms. The number of carbonyl (C=O) groups is 3. The van der Waals surface area contributed by atoms with Gasteiger partial charge in [-0.05, 0) is 56.2 Å². The molecule has 2 aromatic carbocycles. The minimum Gasteiger partial charge on any atom is -0.494 e. The number of nitrogens with zero attached hydrogens (tertiary/aromatic N) is 1. The first-order valence-electron chi connectivity index (χ1n) is 11.4. The second kappa shape index (κ2) is 10.5. The van der Waals surface area contributed by atoms with Crippen molar-refractivity contribution in [1.82, 2.24) is 5.32 Å². The lowest BCUT2D eigenvalue weighted by atomic mass is 10.1. The number of para-hydroxylation sites is 1. The van der Waals surface area contributed by atoms with E-state index in [1.807, 2.05) is 31.2 Å². The summed E-state index contributed by atoms with van der Waals surface area (Å²) in [5.74, 6) is -0.429. The first kappa shape index (κ1) is 22.8. The summed E-state index contributed by atoms with van der Waals surface area (Å²) in [6, 6.07) is 14.1. The van der Waals surface area contributed by atoms with E-state index in [1.54, 1.807) is 29.2 Å². The van der Waals surface area contributed by atoms with Gasteiger partial charge in [0.15, 0.2) is 0 Å². The van der Waals surface area contributed by atoms with Crippen LogP contribution in [0.3, 0.4) is 0 Å². The van der Waals surface area contributed by atoms with Gasteiger partial charge in [0.05, 0.1) is 29.9 Å². The van der Waals surface area contributed by atoms with Crippen molar-refractivity contribution in [1.29, 1.82) is 0 Å². The van der Waals surface area contributed by atoms with Gasteiger partial charge in [-0.1, -0.05) is 12.1 Å². The van der Waals surface area contributed by atoms with Gasteiger partial charge in [-0.25, -0.2) is 0 Å². The molecule has 2 fully saturated rings. The van der Waals surface area contributed by atoms with E-state index in [0.29, 0.717) is 24.4 Å². The number of anilines is 2. The maximum atomic E-state index is 13.0. The van der Waals surface area contributed by atoms with E-state index in [2.05, 4.69) is 10.6 Å². The number of rotatable bonds is 8. The SMILES string of the molecule is CCOc1ccc(N2C[C@@H](C(=O)Nc3ccccc3C(=O)NC[C@@H]3CCCO3)CC2=O)cc1. The molecule has 3 amide bonds. The fourth-order valence-corrected chi connectivity index (χ4v) is 4.15. The van der Waals surface area contributed by atoms with Crippen molar-refractivity contribution in [3.63, 3.8) is 0 Å². The van der Waals surface area contributed by atoms with Crippen LogP contribution < -0.4 is 20.3 Å². The molecule has 2 saturated heterocycles. The van der Waals surface area contributed by atoms with Gasteiger partial charge in [0.1, 0.15) is 5.75 Å². The molecule has 174 valence electrons. The molecule has 8 heteroatoms. The van der Waals surface area contributed by atoms with Crippen molar-refractivity contribution in [2.45, 2.75) is 32.3 Å². The summed E-state index contributed by atoms with van der Waals surface area (Å²) in [7, 11) is 0. The van der Waals surface area contributed by atoms with Crippen LogP contribution in [-0.4, -0.2) is 50.1 Å². The molecule has 0 unspecified atom stereocenters. The van der Waals surface area contributed by atoms with Gasteiger partial charge in [0.25, 0.3) is 5.91 Å². The van der Waals surface area contributed by atoms with Gasteiger partial charge in [-0.2, -0.15) is 0 Å². The average molecular weight is 452 g/mol. The molecule has 2 N–H and O–H groups in total. The highest BCUT2D eigenvalue weighted by atomic mass is 16.5. The normalized spacial score (nSPS) is 20.0. The third-order valence-electron chi connectivity index (χ3n) is 5.90. The summed E-state index contributed by atoms with van der Waals surface area (Å²) in [6.45, 7) is 3.92. The topological polar surface area (TPSA) is 97.0 Å². The number of nitrogens with one attached hydrogen (secondary N) is 2. The molecule has 33 heavy (non-hydrogen) atoms. The summed E-state index contributed by atoms with van der Waals surface area (Å²) in [5, 5.41) is 5.74. The van der Waals surface area contributed by atoms with Gasteiger partial charge in [0.2, 0.25) is 11.8 Å². The summed E-state index contributed by atoms with van der Waals surface area (Å²) < 4.78 is 11.0. The highest BCUT2D eigenvalue weighted by Crippen LogP contribution is 2.28. The van der Waals surface area contributed by atoms with Crippen LogP contribution in [0.25, 0.3) is 0 Å². The van der Waals surface area contributed by atoms with Gasteiger partial charge in [-0.3, -0.25) is 14.4 Å². The van der Waals surface area contributed by atoms with Crippen LogP contribution in [0, 0.1) is 5.92 Å². The van der Waals surface area contributed by atoms with Crippen molar-refractivity contribution >= 4 is 29.1 Å². The number of carbonyl (C=O) groups excluding carboxylic acids is 3. The Balaban J connectivity index is 1.38. The standard InChI is InChI=1S/C25H29N3O5/c1-2-32-19-11-9-18(10-12-19)28-16-17(14-23(28)29)24(30)27-22-8-4-3-7-21(22)25(31)26-15-20-6-5-13-33-20/h3-4,7-12,17,20H,2,5-6,13-16H2,1H3,(H,26,31)(H,27,30)/t17-,20-/m0/s1. The fraction of sp³-hybridized carbons (Fsp3) is 0.400. The molecule has 2 aliphatic heterocycles. The van der Waals surface area contributed by atoms with E-state index in [-0.39, 0.29) is 36.8 Å². The molecule has 0 spiro atoms. The Bertz CT molecular complexity index is 1000. The van der Waals surface area contributed by atoms with Crippen LogP contribution >= 0.6 is 0 Å². The Labute approximate surface area is 193 Å². The molecular formula is C25H29N3O5. The maximum Gasteiger partial charge on any atom is 0.253 e. The maximum absolute atomic E-state index is 13.0. The summed E-state index contributed by atoms with van der Waals surface area (Å²) in [5.41, 5.74) is 1.54. The van der Waals surface area contributed by atoms with Gasteiger partial charge < -0.3 is 25.0 Å². The van der Waals surface area contributed by atoms with E-state index in [1.165, 1.54) is 0 Å². The van der Waals surface area contributed by atoms with E-state index >= 15 is 0 Å². The third kappa shape index (κ3) is 5.51. The molecule has 0 saturated carbocycles. The summed E-state index contributed by atoms with van der Waals surface area (Å²) in [6.07, 6.45) is 2.08. The van der Waals surface area contributed by atoms with Crippen molar-refractivity contribution in [2.24, 2.45) is 5.92 Å².